The topological polar surface area (TPSA) is 55.1 Å². The Kier molecular flexibility index (Phi) is 5.63. The van der Waals surface area contributed by atoms with E-state index in [1.54, 1.807) is 0 Å². The van der Waals surface area contributed by atoms with Crippen LogP contribution < -0.4 is 11.1 Å². The van der Waals surface area contributed by atoms with Crippen molar-refractivity contribution >= 4 is 39.9 Å². The van der Waals surface area contributed by atoms with Crippen LogP contribution in [0.25, 0.3) is 0 Å². The van der Waals surface area contributed by atoms with Crippen LogP contribution in [-0.2, 0) is 4.79 Å². The molecule has 3 nitrogen and oxygen atoms in total. The summed E-state index contributed by atoms with van der Waals surface area (Å²) in [5, 5.41) is 2.98. The molecule has 18 heavy (non-hydrogen) atoms. The second kappa shape index (κ2) is 6.55. The van der Waals surface area contributed by atoms with Gasteiger partial charge in [-0.2, -0.15) is 0 Å². The van der Waals surface area contributed by atoms with Gasteiger partial charge in [0.15, 0.2) is 0 Å². The van der Waals surface area contributed by atoms with Crippen molar-refractivity contribution in [2.24, 2.45) is 11.7 Å². The number of hydrogen-bond acceptors (Lipinski definition) is 2. The lowest BCUT2D eigenvalue weighted by Gasteiger charge is -2.12. The Hall–Kier alpha value is -0.580. The van der Waals surface area contributed by atoms with Gasteiger partial charge in [0.1, 0.15) is 0 Å². The average molecular weight is 334 g/mol. The van der Waals surface area contributed by atoms with Crippen molar-refractivity contribution < 1.29 is 4.79 Å². The summed E-state index contributed by atoms with van der Waals surface area (Å²) >= 11 is 3.41. The Morgan fingerprint density at radius 1 is 1.44 bits per heavy atom. The lowest BCUT2D eigenvalue weighted by atomic mass is 10.1. The van der Waals surface area contributed by atoms with Crippen molar-refractivity contribution in [1.82, 2.24) is 0 Å². The summed E-state index contributed by atoms with van der Waals surface area (Å²) in [6.45, 7) is 1.99. The summed E-state index contributed by atoms with van der Waals surface area (Å²) in [6, 6.07) is 6.04. The molecule has 0 bridgehead atoms. The number of halogens is 2. The van der Waals surface area contributed by atoms with Crippen LogP contribution in [0.15, 0.2) is 22.7 Å². The number of nitrogens with two attached hydrogens (primary N) is 1. The lowest BCUT2D eigenvalue weighted by Crippen LogP contribution is -2.23. The third kappa shape index (κ3) is 3.70. The van der Waals surface area contributed by atoms with Gasteiger partial charge in [-0.15, -0.1) is 12.4 Å². The molecule has 2 atom stereocenters. The van der Waals surface area contributed by atoms with Gasteiger partial charge in [-0.1, -0.05) is 15.9 Å². The number of anilines is 1. The maximum absolute atomic E-state index is 12.0. The van der Waals surface area contributed by atoms with Crippen LogP contribution >= 0.6 is 28.3 Å². The maximum atomic E-state index is 12.0. The fraction of sp³-hybridized carbons (Fsp3) is 0.462. The van der Waals surface area contributed by atoms with Crippen LogP contribution in [0.5, 0.6) is 0 Å². The highest BCUT2D eigenvalue weighted by molar-refractivity contribution is 9.10. The third-order valence-electron chi connectivity index (χ3n) is 3.29. The van der Waals surface area contributed by atoms with Gasteiger partial charge >= 0.3 is 0 Å². The summed E-state index contributed by atoms with van der Waals surface area (Å²) in [4.78, 5) is 12.0. The molecular weight excluding hydrogens is 316 g/mol. The van der Waals surface area contributed by atoms with Gasteiger partial charge < -0.3 is 11.1 Å². The van der Waals surface area contributed by atoms with Crippen LogP contribution in [0.3, 0.4) is 0 Å². The van der Waals surface area contributed by atoms with Gasteiger partial charge in [-0.25, -0.2) is 0 Å². The van der Waals surface area contributed by atoms with Crippen LogP contribution in [0, 0.1) is 12.8 Å². The Morgan fingerprint density at radius 2 is 2.17 bits per heavy atom. The summed E-state index contributed by atoms with van der Waals surface area (Å²) in [7, 11) is 0. The molecule has 5 heteroatoms. The van der Waals surface area contributed by atoms with Crippen molar-refractivity contribution in [3.05, 3.63) is 28.2 Å². The number of carbonyl (C=O) groups excluding carboxylic acids is 1. The van der Waals surface area contributed by atoms with Gasteiger partial charge in [0.2, 0.25) is 5.91 Å². The third-order valence-corrected chi connectivity index (χ3v) is 3.78. The minimum Gasteiger partial charge on any atom is -0.328 e. The number of rotatable bonds is 2. The molecule has 1 aromatic rings. The molecule has 0 heterocycles. The van der Waals surface area contributed by atoms with Crippen LogP contribution in [-0.4, -0.2) is 11.9 Å². The highest BCUT2D eigenvalue weighted by atomic mass is 79.9. The first-order chi connectivity index (χ1) is 8.06. The number of amides is 1. The number of benzene rings is 1. The van der Waals surface area contributed by atoms with E-state index in [-0.39, 0.29) is 30.3 Å². The quantitative estimate of drug-likeness (QED) is 0.873. The molecule has 2 rings (SSSR count). The van der Waals surface area contributed by atoms with Crippen molar-refractivity contribution in [2.45, 2.75) is 32.2 Å². The normalized spacial score (nSPS) is 22.4. The Morgan fingerprint density at radius 3 is 2.72 bits per heavy atom. The number of carbonyl (C=O) groups is 1. The van der Waals surface area contributed by atoms with Crippen molar-refractivity contribution in [2.75, 3.05) is 5.32 Å². The van der Waals surface area contributed by atoms with Crippen molar-refractivity contribution in [1.29, 1.82) is 0 Å². The van der Waals surface area contributed by atoms with Gasteiger partial charge in [-0.05, 0) is 49.9 Å². The van der Waals surface area contributed by atoms with E-state index in [1.807, 2.05) is 25.1 Å². The number of nitrogens with one attached hydrogen (secondary N) is 1. The van der Waals surface area contributed by atoms with E-state index in [0.29, 0.717) is 0 Å². The van der Waals surface area contributed by atoms with Crippen LogP contribution in [0.2, 0.25) is 0 Å². The Labute approximate surface area is 122 Å². The smallest absolute Gasteiger partial charge is 0.227 e. The van der Waals surface area contributed by atoms with E-state index in [1.165, 1.54) is 0 Å². The van der Waals surface area contributed by atoms with Crippen LogP contribution in [0.1, 0.15) is 24.8 Å². The second-order valence-electron chi connectivity index (χ2n) is 4.72. The predicted molar refractivity (Wildman–Crippen MR) is 80.1 cm³/mol. The first-order valence-corrected chi connectivity index (χ1v) is 6.68. The zero-order valence-corrected chi connectivity index (χ0v) is 12.7. The zero-order valence-electron chi connectivity index (χ0n) is 10.3. The summed E-state index contributed by atoms with van der Waals surface area (Å²) in [6.07, 6.45) is 2.67. The monoisotopic (exact) mass is 332 g/mol. The van der Waals surface area contributed by atoms with Gasteiger partial charge in [0.25, 0.3) is 0 Å². The molecule has 0 aliphatic heterocycles. The van der Waals surface area contributed by atoms with Gasteiger partial charge in [-0.3, -0.25) is 4.79 Å². The minimum absolute atomic E-state index is 0. The Balaban J connectivity index is 0.00000162. The number of hydrogen-bond donors (Lipinski definition) is 2. The first-order valence-electron chi connectivity index (χ1n) is 5.89. The maximum Gasteiger partial charge on any atom is 0.227 e. The lowest BCUT2D eigenvalue weighted by molar-refractivity contribution is -0.119. The largest absolute Gasteiger partial charge is 0.328 e. The molecule has 1 fully saturated rings. The van der Waals surface area contributed by atoms with E-state index in [4.69, 9.17) is 5.73 Å². The fourth-order valence-electron chi connectivity index (χ4n) is 2.26. The fourth-order valence-corrected chi connectivity index (χ4v) is 2.73. The molecule has 100 valence electrons. The molecule has 2 unspecified atom stereocenters. The van der Waals surface area contributed by atoms with Gasteiger partial charge in [0, 0.05) is 22.1 Å². The molecular formula is C13H18BrClN2O. The first kappa shape index (κ1) is 15.5. The highest BCUT2D eigenvalue weighted by Crippen LogP contribution is 2.26. The Bertz CT molecular complexity index is 439. The van der Waals surface area contributed by atoms with E-state index >= 15 is 0 Å². The molecule has 1 saturated carbocycles. The summed E-state index contributed by atoms with van der Waals surface area (Å²) < 4.78 is 1.02. The molecule has 0 aromatic heterocycles. The van der Waals surface area contributed by atoms with Crippen molar-refractivity contribution in [3.8, 4) is 0 Å². The number of aryl methyl sites for hydroxylation is 1. The minimum atomic E-state index is 0. The molecule has 3 N–H and O–H groups in total. The van der Waals surface area contributed by atoms with E-state index in [2.05, 4.69) is 21.2 Å². The van der Waals surface area contributed by atoms with E-state index < -0.39 is 0 Å². The molecule has 0 spiro atoms. The van der Waals surface area contributed by atoms with Crippen molar-refractivity contribution in [3.63, 3.8) is 0 Å². The standard InChI is InChI=1S/C13H17BrN2O.ClH/c1-8-6-10(14)3-5-12(8)16-13(17)9-2-4-11(15)7-9;/h3,5-6,9,11H,2,4,7,15H2,1H3,(H,16,17);1H. The SMILES string of the molecule is Cc1cc(Br)ccc1NC(=O)C1CCC(N)C1.Cl. The molecule has 1 aliphatic carbocycles. The zero-order chi connectivity index (χ0) is 12.4. The molecule has 1 amide bonds. The molecule has 1 aromatic carbocycles. The second-order valence-corrected chi connectivity index (χ2v) is 5.63. The average Bonchev–Trinajstić information content (AvgIpc) is 2.69. The highest BCUT2D eigenvalue weighted by Gasteiger charge is 2.27. The molecule has 0 saturated heterocycles. The molecule has 1 aliphatic rings. The summed E-state index contributed by atoms with van der Waals surface area (Å²) in [5.74, 6) is 0.177. The van der Waals surface area contributed by atoms with Crippen LogP contribution in [0.4, 0.5) is 5.69 Å². The molecule has 0 radical (unpaired) electrons. The predicted octanol–water partition coefficient (Wildman–Crippen LogP) is 3.25. The van der Waals surface area contributed by atoms with Gasteiger partial charge in [0.05, 0.1) is 0 Å². The van der Waals surface area contributed by atoms with E-state index in [0.717, 1.165) is 35.0 Å². The summed E-state index contributed by atoms with van der Waals surface area (Å²) in [5.41, 5.74) is 7.77. The van der Waals surface area contributed by atoms with E-state index in [9.17, 15) is 4.79 Å².